The minimum Gasteiger partial charge on any atom is -0.459 e. The lowest BCUT2D eigenvalue weighted by Gasteiger charge is -2.45. The van der Waals surface area contributed by atoms with E-state index in [9.17, 15) is 4.79 Å². The summed E-state index contributed by atoms with van der Waals surface area (Å²) < 4.78 is 12.3. The SMILES string of the molecule is CN1c2ccccc2C(C)(C)C12C=Nc1c(ccc3ccc(OC(=O)/C=C/c4ccsc4)cc13)O2. The fourth-order valence-corrected chi connectivity index (χ4v) is 5.73. The van der Waals surface area contributed by atoms with Crippen molar-refractivity contribution in [2.45, 2.75) is 25.0 Å². The van der Waals surface area contributed by atoms with Crippen molar-refractivity contribution in [2.75, 3.05) is 11.9 Å². The molecule has 1 unspecified atom stereocenters. The summed E-state index contributed by atoms with van der Waals surface area (Å²) in [4.78, 5) is 19.4. The van der Waals surface area contributed by atoms with E-state index in [0.717, 1.165) is 27.7 Å². The average molecular weight is 481 g/mol. The Bertz CT molecular complexity index is 1520. The van der Waals surface area contributed by atoms with Crippen molar-refractivity contribution >= 4 is 51.7 Å². The van der Waals surface area contributed by atoms with Gasteiger partial charge in [-0.3, -0.25) is 4.99 Å². The number of carbonyl (C=O) groups excluding carboxylic acids is 1. The number of nitrogens with zero attached hydrogens (tertiary/aromatic N) is 2. The number of ether oxygens (including phenoxy) is 2. The molecule has 0 saturated carbocycles. The van der Waals surface area contributed by atoms with Crippen LogP contribution in [0.15, 0.2) is 82.5 Å². The van der Waals surface area contributed by atoms with Crippen LogP contribution in [0, 0.1) is 0 Å². The van der Waals surface area contributed by atoms with E-state index >= 15 is 0 Å². The molecule has 0 amide bonds. The van der Waals surface area contributed by atoms with Crippen LogP contribution in [0.3, 0.4) is 0 Å². The minimum absolute atomic E-state index is 0.319. The number of para-hydroxylation sites is 1. The van der Waals surface area contributed by atoms with Crippen LogP contribution in [-0.2, 0) is 10.2 Å². The number of rotatable bonds is 3. The van der Waals surface area contributed by atoms with E-state index in [2.05, 4.69) is 36.9 Å². The maximum atomic E-state index is 12.4. The summed E-state index contributed by atoms with van der Waals surface area (Å²) >= 11 is 1.58. The third-order valence-electron chi connectivity index (χ3n) is 7.07. The maximum Gasteiger partial charge on any atom is 0.336 e. The Morgan fingerprint density at radius 3 is 2.74 bits per heavy atom. The Morgan fingerprint density at radius 1 is 1.11 bits per heavy atom. The number of hydrogen-bond donors (Lipinski definition) is 0. The van der Waals surface area contributed by atoms with Crippen LogP contribution < -0.4 is 14.4 Å². The molecule has 174 valence electrons. The van der Waals surface area contributed by atoms with Gasteiger partial charge in [-0.15, -0.1) is 0 Å². The Balaban J connectivity index is 1.34. The van der Waals surface area contributed by atoms with E-state index in [1.54, 1.807) is 23.5 Å². The normalized spacial score (nSPS) is 19.7. The van der Waals surface area contributed by atoms with Gasteiger partial charge in [0.1, 0.15) is 17.2 Å². The molecule has 0 N–H and O–H groups in total. The number of likely N-dealkylation sites (N-methyl/N-ethyl adjacent to an activating group) is 1. The van der Waals surface area contributed by atoms with Crippen LogP contribution in [0.5, 0.6) is 11.5 Å². The number of thiophene rings is 1. The lowest BCUT2D eigenvalue weighted by atomic mass is 9.77. The summed E-state index contributed by atoms with van der Waals surface area (Å²) in [6.45, 7) is 4.38. The molecule has 1 aromatic heterocycles. The number of fused-ring (bicyclic) bond motifs is 4. The second-order valence-electron chi connectivity index (χ2n) is 9.36. The van der Waals surface area contributed by atoms with Crippen molar-refractivity contribution in [3.63, 3.8) is 0 Å². The molecule has 1 spiro atoms. The maximum absolute atomic E-state index is 12.4. The van der Waals surface area contributed by atoms with Crippen molar-refractivity contribution in [3.8, 4) is 11.5 Å². The molecule has 35 heavy (non-hydrogen) atoms. The molecule has 0 saturated heterocycles. The van der Waals surface area contributed by atoms with Crippen LogP contribution in [0.4, 0.5) is 11.4 Å². The van der Waals surface area contributed by atoms with Gasteiger partial charge in [0.2, 0.25) is 5.72 Å². The van der Waals surface area contributed by atoms with Gasteiger partial charge < -0.3 is 14.4 Å². The van der Waals surface area contributed by atoms with Crippen molar-refractivity contribution < 1.29 is 14.3 Å². The number of hydrogen-bond acceptors (Lipinski definition) is 6. The molecule has 0 bridgehead atoms. The third kappa shape index (κ3) is 3.28. The smallest absolute Gasteiger partial charge is 0.336 e. The summed E-state index contributed by atoms with van der Waals surface area (Å²) in [6.07, 6.45) is 5.10. The third-order valence-corrected chi connectivity index (χ3v) is 7.77. The van der Waals surface area contributed by atoms with Crippen LogP contribution in [-0.4, -0.2) is 25.0 Å². The number of esters is 1. The summed E-state index contributed by atoms with van der Waals surface area (Å²) in [6, 6.07) is 19.9. The highest BCUT2D eigenvalue weighted by molar-refractivity contribution is 7.08. The number of aliphatic imine (C=N–C) groups is 1. The van der Waals surface area contributed by atoms with E-state index < -0.39 is 11.7 Å². The highest BCUT2D eigenvalue weighted by atomic mass is 32.1. The van der Waals surface area contributed by atoms with Crippen molar-refractivity contribution in [1.29, 1.82) is 0 Å². The van der Waals surface area contributed by atoms with E-state index in [0.29, 0.717) is 11.5 Å². The Labute approximate surface area is 207 Å². The second-order valence-corrected chi connectivity index (χ2v) is 10.1. The lowest BCUT2D eigenvalue weighted by molar-refractivity contribution is -0.128. The number of anilines is 1. The van der Waals surface area contributed by atoms with Gasteiger partial charge in [-0.25, -0.2) is 4.79 Å². The van der Waals surface area contributed by atoms with Crippen molar-refractivity contribution in [2.24, 2.45) is 4.99 Å². The first-order chi connectivity index (χ1) is 16.9. The number of benzene rings is 3. The predicted octanol–water partition coefficient (Wildman–Crippen LogP) is 6.74. The summed E-state index contributed by atoms with van der Waals surface area (Å²) in [5.41, 5.74) is 3.01. The van der Waals surface area contributed by atoms with Gasteiger partial charge in [-0.05, 0) is 77.5 Å². The van der Waals surface area contributed by atoms with Gasteiger partial charge in [-0.2, -0.15) is 11.3 Å². The topological polar surface area (TPSA) is 51.1 Å². The first-order valence-corrected chi connectivity index (χ1v) is 12.4. The fourth-order valence-electron chi connectivity index (χ4n) is 5.10. The Hall–Kier alpha value is -3.90. The molecule has 0 radical (unpaired) electrons. The van der Waals surface area contributed by atoms with Crippen LogP contribution in [0.1, 0.15) is 25.0 Å². The molecule has 1 atom stereocenters. The molecule has 0 fully saturated rings. The molecule has 4 aromatic rings. The summed E-state index contributed by atoms with van der Waals surface area (Å²) in [7, 11) is 2.05. The zero-order valence-corrected chi connectivity index (χ0v) is 20.5. The molecule has 6 heteroatoms. The molecule has 2 aliphatic heterocycles. The summed E-state index contributed by atoms with van der Waals surface area (Å²) in [5.74, 6) is 0.742. The predicted molar refractivity (Wildman–Crippen MR) is 142 cm³/mol. The van der Waals surface area contributed by atoms with Crippen molar-refractivity contribution in [1.82, 2.24) is 0 Å². The summed E-state index contributed by atoms with van der Waals surface area (Å²) in [5, 5.41) is 5.80. The van der Waals surface area contributed by atoms with E-state index in [1.807, 2.05) is 60.4 Å². The van der Waals surface area contributed by atoms with Crippen molar-refractivity contribution in [3.05, 3.63) is 88.6 Å². The molecule has 0 aliphatic carbocycles. The van der Waals surface area contributed by atoms with Crippen LogP contribution in [0.25, 0.3) is 16.8 Å². The average Bonchev–Trinajstić information content (AvgIpc) is 3.44. The zero-order valence-electron chi connectivity index (χ0n) is 19.7. The van der Waals surface area contributed by atoms with Gasteiger partial charge in [0.25, 0.3) is 0 Å². The van der Waals surface area contributed by atoms with Gasteiger partial charge in [-0.1, -0.05) is 30.3 Å². The largest absolute Gasteiger partial charge is 0.459 e. The van der Waals surface area contributed by atoms with E-state index in [-0.39, 0.29) is 5.41 Å². The molecular formula is C29H24N2O3S. The first kappa shape index (κ1) is 21.6. The van der Waals surface area contributed by atoms with Crippen LogP contribution in [0.2, 0.25) is 0 Å². The first-order valence-electron chi connectivity index (χ1n) is 11.5. The van der Waals surface area contributed by atoms with Gasteiger partial charge in [0.15, 0.2) is 0 Å². The van der Waals surface area contributed by atoms with E-state index in [1.165, 1.54) is 11.6 Å². The Morgan fingerprint density at radius 2 is 1.94 bits per heavy atom. The quantitative estimate of drug-likeness (QED) is 0.185. The minimum atomic E-state index is -0.742. The molecule has 5 nitrogen and oxygen atoms in total. The van der Waals surface area contributed by atoms with Gasteiger partial charge in [0, 0.05) is 24.2 Å². The zero-order chi connectivity index (χ0) is 24.2. The number of carbonyl (C=O) groups is 1. The van der Waals surface area contributed by atoms with Gasteiger partial charge >= 0.3 is 5.97 Å². The Kier molecular flexibility index (Phi) is 4.83. The fraction of sp³-hybridized carbons (Fsp3) is 0.172. The molecule has 2 aliphatic rings. The van der Waals surface area contributed by atoms with Gasteiger partial charge in [0.05, 0.1) is 11.6 Å². The van der Waals surface area contributed by atoms with E-state index in [4.69, 9.17) is 14.5 Å². The molecular weight excluding hydrogens is 456 g/mol. The molecule has 3 aromatic carbocycles. The molecule has 3 heterocycles. The highest BCUT2D eigenvalue weighted by Crippen LogP contribution is 2.54. The standard InChI is InChI=1S/C29H24N2O3S/c1-28(2)23-6-4-5-7-24(23)31(3)29(28)18-30-27-22-16-21(11-9-20(22)10-12-25(27)34-29)33-26(32)13-8-19-14-15-35-17-19/h4-18H,1-3H3/b13-8+. The van der Waals surface area contributed by atoms with Crippen LogP contribution >= 0.6 is 11.3 Å². The molecule has 6 rings (SSSR count). The highest BCUT2D eigenvalue weighted by Gasteiger charge is 2.58. The second kappa shape index (κ2) is 7.82. The monoisotopic (exact) mass is 480 g/mol. The lowest BCUT2D eigenvalue weighted by Crippen LogP contribution is -2.61.